The second-order valence-electron chi connectivity index (χ2n) is 3.44. The molecule has 108 valence electrons. The molecule has 0 heterocycles. The number of rotatable bonds is 6. The minimum Gasteiger partial charge on any atom is -0.479 e. The molecule has 20 heavy (non-hydrogen) atoms. The first kappa shape index (κ1) is 15.5. The summed E-state index contributed by atoms with van der Waals surface area (Å²) in [6.07, 6.45) is 1.20. The van der Waals surface area contributed by atoms with E-state index in [1.807, 2.05) is 0 Å². The van der Waals surface area contributed by atoms with Crippen molar-refractivity contribution < 1.29 is 28.7 Å². The summed E-state index contributed by atoms with van der Waals surface area (Å²) in [5.41, 5.74) is -1.63. The summed E-state index contributed by atoms with van der Waals surface area (Å²) in [5, 5.41) is 30.2. The van der Waals surface area contributed by atoms with Gasteiger partial charge in [0.25, 0.3) is 5.75 Å². The number of nitro groups is 2. The molecule has 0 aliphatic rings. The summed E-state index contributed by atoms with van der Waals surface area (Å²) in [6, 6.07) is 1.70. The minimum absolute atomic E-state index is 0.133. The molecular formula is C9H8N2O8S. The quantitative estimate of drug-likeness (QED) is 0.596. The Morgan fingerprint density at radius 3 is 2.05 bits per heavy atom. The number of benzene rings is 1. The molecule has 0 radical (unpaired) electrons. The normalized spacial score (nSPS) is 11.7. The van der Waals surface area contributed by atoms with Gasteiger partial charge in [-0.1, -0.05) is 0 Å². The number of hydrogen-bond acceptors (Lipinski definition) is 7. The summed E-state index contributed by atoms with van der Waals surface area (Å²) in [6.45, 7) is -0.976. The summed E-state index contributed by atoms with van der Waals surface area (Å²) in [4.78, 5) is 30.1. The number of hydrogen-bond donors (Lipinski definition) is 1. The Morgan fingerprint density at radius 1 is 1.30 bits per heavy atom. The van der Waals surface area contributed by atoms with Crippen LogP contribution in [0.25, 0.3) is 0 Å². The van der Waals surface area contributed by atoms with Crippen LogP contribution in [-0.4, -0.2) is 38.0 Å². The van der Waals surface area contributed by atoms with Crippen molar-refractivity contribution >= 4 is 28.1 Å². The zero-order chi connectivity index (χ0) is 15.4. The van der Waals surface area contributed by atoms with Gasteiger partial charge in [0.15, 0.2) is 6.61 Å². The van der Waals surface area contributed by atoms with Crippen molar-refractivity contribution in [3.05, 3.63) is 32.4 Å². The van der Waals surface area contributed by atoms with Crippen molar-refractivity contribution in [2.75, 3.05) is 12.9 Å². The molecule has 0 fully saturated rings. The van der Waals surface area contributed by atoms with E-state index >= 15 is 0 Å². The van der Waals surface area contributed by atoms with E-state index in [2.05, 4.69) is 4.74 Å². The Bertz CT molecular complexity index is 579. The van der Waals surface area contributed by atoms with Gasteiger partial charge in [-0.15, -0.1) is 0 Å². The second kappa shape index (κ2) is 6.06. The van der Waals surface area contributed by atoms with Crippen molar-refractivity contribution in [3.63, 3.8) is 0 Å². The molecule has 1 unspecified atom stereocenters. The van der Waals surface area contributed by atoms with Gasteiger partial charge in [-0.25, -0.2) is 4.79 Å². The highest BCUT2D eigenvalue weighted by Crippen LogP contribution is 2.38. The molecule has 0 aromatic heterocycles. The van der Waals surface area contributed by atoms with Gasteiger partial charge in [0.2, 0.25) is 0 Å². The average molecular weight is 304 g/mol. The average Bonchev–Trinajstić information content (AvgIpc) is 2.34. The molecule has 0 saturated carbocycles. The number of nitrogens with zero attached hydrogens (tertiary/aromatic N) is 2. The molecule has 0 saturated heterocycles. The molecule has 1 atom stereocenters. The van der Waals surface area contributed by atoms with Crippen LogP contribution in [-0.2, 0) is 15.6 Å². The SMILES string of the molecule is CS(=O)c1cc([N+](=O)[O-])c(OCC(=O)O)c([N+](=O)[O-])c1. The number of carbonyl (C=O) groups is 1. The van der Waals surface area contributed by atoms with Crippen molar-refractivity contribution in [2.24, 2.45) is 0 Å². The lowest BCUT2D eigenvalue weighted by Gasteiger charge is -2.06. The van der Waals surface area contributed by atoms with E-state index in [9.17, 15) is 29.2 Å². The summed E-state index contributed by atoms with van der Waals surface area (Å²) >= 11 is 0. The standard InChI is InChI=1S/C9H8N2O8S/c1-20(18)5-2-6(10(14)15)9(19-4-8(12)13)7(3-5)11(16)17/h2-3H,4H2,1H3,(H,12,13). The van der Waals surface area contributed by atoms with Crippen LogP contribution in [0.2, 0.25) is 0 Å². The second-order valence-corrected chi connectivity index (χ2v) is 4.82. The van der Waals surface area contributed by atoms with Crippen molar-refractivity contribution in [3.8, 4) is 5.75 Å². The molecule has 0 aliphatic carbocycles. The number of carboxylic acids is 1. The molecule has 10 nitrogen and oxygen atoms in total. The summed E-state index contributed by atoms with van der Waals surface area (Å²) in [5.74, 6) is -2.23. The fourth-order valence-electron chi connectivity index (χ4n) is 1.29. The van der Waals surface area contributed by atoms with Crippen LogP contribution >= 0.6 is 0 Å². The Balaban J connectivity index is 3.50. The topological polar surface area (TPSA) is 150 Å². The fraction of sp³-hybridized carbons (Fsp3) is 0.222. The van der Waals surface area contributed by atoms with E-state index in [0.717, 1.165) is 12.1 Å². The first-order chi connectivity index (χ1) is 9.23. The third-order valence-corrected chi connectivity index (χ3v) is 2.99. The molecule has 0 aliphatic heterocycles. The Kier molecular flexibility index (Phi) is 4.69. The highest BCUT2D eigenvalue weighted by Gasteiger charge is 2.29. The Labute approximate surface area is 113 Å². The van der Waals surface area contributed by atoms with Gasteiger partial charge in [0.1, 0.15) is 0 Å². The van der Waals surface area contributed by atoms with Gasteiger partial charge in [0.05, 0.1) is 25.5 Å². The van der Waals surface area contributed by atoms with Crippen LogP contribution in [0.3, 0.4) is 0 Å². The van der Waals surface area contributed by atoms with Gasteiger partial charge in [-0.2, -0.15) is 0 Å². The number of carboxylic acid groups (broad SMARTS) is 1. The zero-order valence-corrected chi connectivity index (χ0v) is 10.8. The van der Waals surface area contributed by atoms with Crippen LogP contribution < -0.4 is 4.74 Å². The Hall–Kier alpha value is -2.56. The van der Waals surface area contributed by atoms with E-state index in [1.54, 1.807) is 0 Å². The number of ether oxygens (including phenoxy) is 1. The van der Waals surface area contributed by atoms with Crippen molar-refractivity contribution in [1.82, 2.24) is 0 Å². The van der Waals surface area contributed by atoms with E-state index in [-0.39, 0.29) is 4.90 Å². The van der Waals surface area contributed by atoms with E-state index in [0.29, 0.717) is 0 Å². The van der Waals surface area contributed by atoms with Crippen LogP contribution in [0.4, 0.5) is 11.4 Å². The van der Waals surface area contributed by atoms with Crippen molar-refractivity contribution in [2.45, 2.75) is 4.90 Å². The number of nitro benzene ring substituents is 2. The van der Waals surface area contributed by atoms with Gasteiger partial charge in [-0.3, -0.25) is 24.4 Å². The van der Waals surface area contributed by atoms with Gasteiger partial charge in [-0.05, 0) is 0 Å². The lowest BCUT2D eigenvalue weighted by atomic mass is 10.2. The van der Waals surface area contributed by atoms with Gasteiger partial charge >= 0.3 is 17.3 Å². The van der Waals surface area contributed by atoms with Crippen molar-refractivity contribution in [1.29, 1.82) is 0 Å². The predicted molar refractivity (Wildman–Crippen MR) is 65.2 cm³/mol. The molecule has 11 heteroatoms. The van der Waals surface area contributed by atoms with Gasteiger partial charge in [0, 0.05) is 18.4 Å². The van der Waals surface area contributed by atoms with E-state index in [4.69, 9.17) is 5.11 Å². The molecule has 1 rings (SSSR count). The molecule has 1 N–H and O–H groups in total. The van der Waals surface area contributed by atoms with Crippen LogP contribution in [0, 0.1) is 20.2 Å². The smallest absolute Gasteiger partial charge is 0.341 e. The Morgan fingerprint density at radius 2 is 1.75 bits per heavy atom. The molecular weight excluding hydrogens is 296 g/mol. The largest absolute Gasteiger partial charge is 0.479 e. The van der Waals surface area contributed by atoms with Crippen LogP contribution in [0.5, 0.6) is 5.75 Å². The highest BCUT2D eigenvalue weighted by atomic mass is 32.2. The minimum atomic E-state index is -1.68. The predicted octanol–water partition coefficient (Wildman–Crippen LogP) is 0.704. The highest BCUT2D eigenvalue weighted by molar-refractivity contribution is 7.84. The third kappa shape index (κ3) is 3.47. The fourth-order valence-corrected chi connectivity index (χ4v) is 1.85. The maximum atomic E-state index is 11.3. The monoisotopic (exact) mass is 304 g/mol. The molecule has 1 aromatic rings. The first-order valence-electron chi connectivity index (χ1n) is 4.89. The van der Waals surface area contributed by atoms with E-state index in [1.165, 1.54) is 6.26 Å². The molecule has 1 aromatic carbocycles. The molecule has 0 bridgehead atoms. The number of aliphatic carboxylic acids is 1. The first-order valence-corrected chi connectivity index (χ1v) is 6.44. The maximum Gasteiger partial charge on any atom is 0.341 e. The summed E-state index contributed by atoms with van der Waals surface area (Å²) in [7, 11) is -1.68. The van der Waals surface area contributed by atoms with Crippen LogP contribution in [0.1, 0.15) is 0 Å². The van der Waals surface area contributed by atoms with Gasteiger partial charge < -0.3 is 9.84 Å². The third-order valence-electron chi connectivity index (χ3n) is 2.09. The lowest BCUT2D eigenvalue weighted by molar-refractivity contribution is -0.396. The van der Waals surface area contributed by atoms with E-state index < -0.39 is 50.3 Å². The summed E-state index contributed by atoms with van der Waals surface area (Å²) < 4.78 is 15.9. The molecule has 0 spiro atoms. The zero-order valence-electron chi connectivity index (χ0n) is 9.97. The van der Waals surface area contributed by atoms with Crippen LogP contribution in [0.15, 0.2) is 17.0 Å². The molecule has 0 amide bonds. The lowest BCUT2D eigenvalue weighted by Crippen LogP contribution is -2.12. The maximum absolute atomic E-state index is 11.3.